The molecule has 1 aliphatic rings. The number of hydrogen-bond donors (Lipinski definition) is 1. The van der Waals surface area contributed by atoms with Gasteiger partial charge in [0.2, 0.25) is 0 Å². The SMILES string of the molecule is O=C(O)Cc1ccc(OCCCOc2ccc(Cl)cc2N2Cc3ccccc3C2)cc1. The lowest BCUT2D eigenvalue weighted by molar-refractivity contribution is -0.136. The standard InChI is InChI=1S/C25H24ClNO4/c26-21-8-11-24(23(15-21)27-16-19-4-1-2-5-20(19)17-27)31-13-3-12-30-22-9-6-18(7-10-22)14-25(28)29/h1-2,4-11,15H,3,12-14,16-17H2,(H,28,29). The molecule has 3 aromatic carbocycles. The molecule has 0 saturated carbocycles. The summed E-state index contributed by atoms with van der Waals surface area (Å²) in [7, 11) is 0. The Morgan fingerprint density at radius 2 is 1.61 bits per heavy atom. The molecule has 0 saturated heterocycles. The summed E-state index contributed by atoms with van der Waals surface area (Å²) in [4.78, 5) is 13.0. The van der Waals surface area contributed by atoms with Crippen molar-refractivity contribution >= 4 is 23.3 Å². The van der Waals surface area contributed by atoms with Gasteiger partial charge in [-0.25, -0.2) is 0 Å². The Morgan fingerprint density at radius 1 is 0.935 bits per heavy atom. The number of benzene rings is 3. The average molecular weight is 438 g/mol. The molecule has 0 aliphatic carbocycles. The molecule has 0 fully saturated rings. The number of anilines is 1. The van der Waals surface area contributed by atoms with E-state index < -0.39 is 5.97 Å². The highest BCUT2D eigenvalue weighted by Crippen LogP contribution is 2.36. The summed E-state index contributed by atoms with van der Waals surface area (Å²) in [5.41, 5.74) is 4.41. The molecule has 0 spiro atoms. The van der Waals surface area contributed by atoms with Crippen LogP contribution in [0.1, 0.15) is 23.1 Å². The van der Waals surface area contributed by atoms with Crippen LogP contribution in [0, 0.1) is 0 Å². The van der Waals surface area contributed by atoms with Gasteiger partial charge in [0.05, 0.1) is 25.3 Å². The summed E-state index contributed by atoms with van der Waals surface area (Å²) >= 11 is 6.26. The Hall–Kier alpha value is -3.18. The molecule has 1 aliphatic heterocycles. The van der Waals surface area contributed by atoms with Crippen LogP contribution in [-0.4, -0.2) is 24.3 Å². The topological polar surface area (TPSA) is 59.0 Å². The zero-order valence-electron chi connectivity index (χ0n) is 17.1. The minimum Gasteiger partial charge on any atom is -0.493 e. The van der Waals surface area contributed by atoms with Gasteiger partial charge in [-0.3, -0.25) is 4.79 Å². The molecule has 0 radical (unpaired) electrons. The zero-order chi connectivity index (χ0) is 21.6. The van der Waals surface area contributed by atoms with Crippen LogP contribution in [0.25, 0.3) is 0 Å². The monoisotopic (exact) mass is 437 g/mol. The Kier molecular flexibility index (Phi) is 6.63. The van der Waals surface area contributed by atoms with Gasteiger partial charge in [0.1, 0.15) is 11.5 Å². The van der Waals surface area contributed by atoms with Crippen molar-refractivity contribution in [3.05, 3.63) is 88.4 Å². The summed E-state index contributed by atoms with van der Waals surface area (Å²) in [6.45, 7) is 2.71. The molecule has 5 nitrogen and oxygen atoms in total. The van der Waals surface area contributed by atoms with E-state index in [0.29, 0.717) is 18.2 Å². The van der Waals surface area contributed by atoms with Crippen LogP contribution in [0.2, 0.25) is 5.02 Å². The van der Waals surface area contributed by atoms with Gasteiger partial charge in [-0.15, -0.1) is 0 Å². The predicted octanol–water partition coefficient (Wildman–Crippen LogP) is 5.34. The van der Waals surface area contributed by atoms with Gasteiger partial charge in [0.25, 0.3) is 0 Å². The van der Waals surface area contributed by atoms with E-state index in [1.54, 1.807) is 24.3 Å². The molecular weight excluding hydrogens is 414 g/mol. The third kappa shape index (κ3) is 5.50. The van der Waals surface area contributed by atoms with Crippen molar-refractivity contribution < 1.29 is 19.4 Å². The lowest BCUT2D eigenvalue weighted by Gasteiger charge is -2.22. The quantitative estimate of drug-likeness (QED) is 0.458. The van der Waals surface area contributed by atoms with Crippen molar-refractivity contribution in [1.29, 1.82) is 0 Å². The second kappa shape index (κ2) is 9.75. The van der Waals surface area contributed by atoms with Crippen LogP contribution >= 0.6 is 11.6 Å². The van der Waals surface area contributed by atoms with Crippen LogP contribution < -0.4 is 14.4 Å². The van der Waals surface area contributed by atoms with Gasteiger partial charge in [-0.1, -0.05) is 48.0 Å². The third-order valence-corrected chi connectivity index (χ3v) is 5.43. The highest BCUT2D eigenvalue weighted by molar-refractivity contribution is 6.30. The van der Waals surface area contributed by atoms with Crippen LogP contribution in [0.5, 0.6) is 11.5 Å². The molecule has 0 atom stereocenters. The molecule has 4 rings (SSSR count). The number of fused-ring (bicyclic) bond motifs is 1. The second-order valence-corrected chi connectivity index (χ2v) is 7.94. The van der Waals surface area contributed by atoms with Crippen LogP contribution in [0.4, 0.5) is 5.69 Å². The summed E-state index contributed by atoms with van der Waals surface area (Å²) in [6, 6.07) is 21.3. The number of hydrogen-bond acceptors (Lipinski definition) is 4. The molecule has 31 heavy (non-hydrogen) atoms. The van der Waals surface area contributed by atoms with E-state index in [-0.39, 0.29) is 6.42 Å². The first-order chi connectivity index (χ1) is 15.1. The van der Waals surface area contributed by atoms with Gasteiger partial charge in [-0.2, -0.15) is 0 Å². The molecule has 1 heterocycles. The average Bonchev–Trinajstić information content (AvgIpc) is 3.19. The fourth-order valence-corrected chi connectivity index (χ4v) is 3.84. The number of nitrogens with zero attached hydrogens (tertiary/aromatic N) is 1. The van der Waals surface area contributed by atoms with E-state index in [4.69, 9.17) is 26.2 Å². The molecule has 0 bridgehead atoms. The highest BCUT2D eigenvalue weighted by Gasteiger charge is 2.21. The normalized spacial score (nSPS) is 12.5. The lowest BCUT2D eigenvalue weighted by Crippen LogP contribution is -2.16. The highest BCUT2D eigenvalue weighted by atomic mass is 35.5. The number of ether oxygens (including phenoxy) is 2. The molecule has 3 aromatic rings. The first-order valence-corrected chi connectivity index (χ1v) is 10.6. The summed E-state index contributed by atoms with van der Waals surface area (Å²) < 4.78 is 11.8. The fraction of sp³-hybridized carbons (Fsp3) is 0.240. The molecule has 0 amide bonds. The number of carboxylic acid groups (broad SMARTS) is 1. The second-order valence-electron chi connectivity index (χ2n) is 7.50. The molecule has 160 valence electrons. The Bertz CT molecular complexity index is 1030. The molecule has 0 unspecified atom stereocenters. The number of halogens is 1. The van der Waals surface area contributed by atoms with Crippen LogP contribution in [0.3, 0.4) is 0 Å². The Balaban J connectivity index is 1.29. The first kappa shape index (κ1) is 21.1. The minimum absolute atomic E-state index is 0.0135. The predicted molar refractivity (Wildman–Crippen MR) is 121 cm³/mol. The maximum absolute atomic E-state index is 10.7. The van der Waals surface area contributed by atoms with E-state index in [2.05, 4.69) is 29.2 Å². The maximum atomic E-state index is 10.7. The van der Waals surface area contributed by atoms with Crippen LogP contribution in [0.15, 0.2) is 66.7 Å². The van der Waals surface area contributed by atoms with Crippen LogP contribution in [-0.2, 0) is 24.3 Å². The van der Waals surface area contributed by atoms with Crippen molar-refractivity contribution in [3.63, 3.8) is 0 Å². The number of carboxylic acids is 1. The van der Waals surface area contributed by atoms with Crippen molar-refractivity contribution in [2.45, 2.75) is 25.9 Å². The largest absolute Gasteiger partial charge is 0.493 e. The summed E-state index contributed by atoms with van der Waals surface area (Å²) in [5, 5.41) is 9.51. The number of carbonyl (C=O) groups is 1. The van der Waals surface area contributed by atoms with E-state index in [9.17, 15) is 4.79 Å². The maximum Gasteiger partial charge on any atom is 0.307 e. The van der Waals surface area contributed by atoms with E-state index >= 15 is 0 Å². The van der Waals surface area contributed by atoms with Crippen molar-refractivity contribution in [2.24, 2.45) is 0 Å². The molecule has 6 heteroatoms. The minimum atomic E-state index is -0.842. The van der Waals surface area contributed by atoms with Gasteiger partial charge < -0.3 is 19.5 Å². The third-order valence-electron chi connectivity index (χ3n) is 5.20. The Labute approximate surface area is 186 Å². The summed E-state index contributed by atoms with van der Waals surface area (Å²) in [5.74, 6) is 0.691. The number of aliphatic carboxylic acids is 1. The smallest absolute Gasteiger partial charge is 0.307 e. The van der Waals surface area contributed by atoms with E-state index in [1.165, 1.54) is 11.1 Å². The van der Waals surface area contributed by atoms with E-state index in [1.807, 2.05) is 18.2 Å². The van der Waals surface area contributed by atoms with Crippen molar-refractivity contribution in [3.8, 4) is 11.5 Å². The van der Waals surface area contributed by atoms with Crippen molar-refractivity contribution in [2.75, 3.05) is 18.1 Å². The van der Waals surface area contributed by atoms with Crippen molar-refractivity contribution in [1.82, 2.24) is 0 Å². The van der Waals surface area contributed by atoms with Gasteiger partial charge in [0, 0.05) is 24.5 Å². The lowest BCUT2D eigenvalue weighted by atomic mass is 10.1. The summed E-state index contributed by atoms with van der Waals surface area (Å²) in [6.07, 6.45) is 0.735. The Morgan fingerprint density at radius 3 is 2.29 bits per heavy atom. The molecule has 0 aromatic heterocycles. The van der Waals surface area contributed by atoms with Gasteiger partial charge >= 0.3 is 5.97 Å². The van der Waals surface area contributed by atoms with Gasteiger partial charge in [-0.05, 0) is 47.0 Å². The van der Waals surface area contributed by atoms with Gasteiger partial charge in [0.15, 0.2) is 0 Å². The fourth-order valence-electron chi connectivity index (χ4n) is 3.67. The molecule has 1 N–H and O–H groups in total. The first-order valence-electron chi connectivity index (χ1n) is 10.3. The number of rotatable bonds is 9. The van der Waals surface area contributed by atoms with E-state index in [0.717, 1.165) is 42.3 Å². The zero-order valence-corrected chi connectivity index (χ0v) is 17.8. The molecular formula is C25H24ClNO4.